The van der Waals surface area contributed by atoms with Crippen LogP contribution in [0.2, 0.25) is 0 Å². The molecule has 1 saturated heterocycles. The van der Waals surface area contributed by atoms with Gasteiger partial charge in [-0.1, -0.05) is 12.1 Å². The average molecular weight is 275 g/mol. The third-order valence-electron chi connectivity index (χ3n) is 3.75. The minimum atomic E-state index is -0.0325. The Morgan fingerprint density at radius 3 is 2.40 bits per heavy atom. The predicted octanol–water partition coefficient (Wildman–Crippen LogP) is 2.49. The van der Waals surface area contributed by atoms with Crippen LogP contribution in [0.15, 0.2) is 24.3 Å². The molecule has 1 heterocycles. The summed E-state index contributed by atoms with van der Waals surface area (Å²) in [6.07, 6.45) is 4.84. The highest BCUT2D eigenvalue weighted by molar-refractivity contribution is 5.73. The number of hydrogen-bond acceptors (Lipinski definition) is 2. The lowest BCUT2D eigenvalue weighted by Gasteiger charge is -2.28. The van der Waals surface area contributed by atoms with E-state index in [0.717, 1.165) is 6.42 Å². The van der Waals surface area contributed by atoms with Gasteiger partial charge in [0.2, 0.25) is 0 Å². The Morgan fingerprint density at radius 2 is 1.80 bits per heavy atom. The van der Waals surface area contributed by atoms with Crippen LogP contribution < -0.4 is 10.2 Å². The van der Waals surface area contributed by atoms with Crippen molar-refractivity contribution in [2.45, 2.75) is 25.7 Å². The molecule has 0 bridgehead atoms. The number of rotatable bonds is 4. The van der Waals surface area contributed by atoms with Gasteiger partial charge in [-0.3, -0.25) is 0 Å². The summed E-state index contributed by atoms with van der Waals surface area (Å²) in [6.45, 7) is 3.04. The number of urea groups is 1. The fourth-order valence-electron chi connectivity index (χ4n) is 2.50. The molecule has 0 spiro atoms. The zero-order chi connectivity index (χ0) is 14.4. The van der Waals surface area contributed by atoms with Crippen LogP contribution in [0.4, 0.5) is 10.5 Å². The molecule has 0 atom stereocenters. The molecule has 4 heteroatoms. The molecule has 2 amide bonds. The fourth-order valence-corrected chi connectivity index (χ4v) is 2.50. The van der Waals surface area contributed by atoms with Crippen LogP contribution in [0.1, 0.15) is 24.8 Å². The number of nitrogens with one attached hydrogen (secondary N) is 1. The molecule has 110 valence electrons. The maximum Gasteiger partial charge on any atom is 0.316 e. The molecule has 0 saturated carbocycles. The Balaban J connectivity index is 1.80. The normalized spacial score (nSPS) is 15.0. The Kier molecular flexibility index (Phi) is 5.27. The lowest BCUT2D eigenvalue weighted by Crippen LogP contribution is -2.35. The molecule has 1 aromatic rings. The van der Waals surface area contributed by atoms with Gasteiger partial charge in [-0.25, -0.2) is 4.79 Å². The molecular weight excluding hydrogens is 250 g/mol. The van der Waals surface area contributed by atoms with Crippen LogP contribution in [0.5, 0.6) is 0 Å². The van der Waals surface area contributed by atoms with E-state index in [9.17, 15) is 4.79 Å². The third kappa shape index (κ3) is 4.15. The Bertz CT molecular complexity index is 422. The molecule has 0 radical (unpaired) electrons. The van der Waals surface area contributed by atoms with Crippen LogP contribution >= 0.6 is 0 Å². The quantitative estimate of drug-likeness (QED) is 0.916. The molecule has 2 rings (SSSR count). The first-order valence-corrected chi connectivity index (χ1v) is 7.46. The molecule has 1 fully saturated rings. The third-order valence-corrected chi connectivity index (χ3v) is 3.75. The van der Waals surface area contributed by atoms with Gasteiger partial charge in [0.15, 0.2) is 0 Å². The largest absolute Gasteiger partial charge is 0.372 e. The number of piperidine rings is 1. The van der Waals surface area contributed by atoms with Crippen molar-refractivity contribution >= 4 is 11.7 Å². The summed E-state index contributed by atoms with van der Waals surface area (Å²) in [5, 5.41) is 2.89. The van der Waals surface area contributed by atoms with Gasteiger partial charge < -0.3 is 15.1 Å². The summed E-state index contributed by atoms with van der Waals surface area (Å²) in [5.41, 5.74) is 2.59. The highest BCUT2D eigenvalue weighted by Gasteiger charge is 2.10. The molecule has 1 aliphatic rings. The molecule has 1 aliphatic heterocycles. The van der Waals surface area contributed by atoms with Gasteiger partial charge in [-0.2, -0.15) is 0 Å². The van der Waals surface area contributed by atoms with Gasteiger partial charge in [0.1, 0.15) is 0 Å². The van der Waals surface area contributed by atoms with Gasteiger partial charge in [-0.15, -0.1) is 0 Å². The predicted molar refractivity (Wildman–Crippen MR) is 83.3 cm³/mol. The van der Waals surface area contributed by atoms with Gasteiger partial charge in [0, 0.05) is 39.4 Å². The summed E-state index contributed by atoms with van der Waals surface area (Å²) in [4.78, 5) is 15.4. The summed E-state index contributed by atoms with van der Waals surface area (Å²) in [6, 6.07) is 8.72. The Hall–Kier alpha value is -1.71. The lowest BCUT2D eigenvalue weighted by molar-refractivity contribution is 0.217. The van der Waals surface area contributed by atoms with E-state index in [1.807, 2.05) is 0 Å². The second-order valence-corrected chi connectivity index (χ2v) is 5.59. The number of benzene rings is 1. The number of hydrogen-bond donors (Lipinski definition) is 1. The molecule has 0 aromatic heterocycles. The van der Waals surface area contributed by atoms with Crippen molar-refractivity contribution in [3.05, 3.63) is 29.8 Å². The van der Waals surface area contributed by atoms with Crippen LogP contribution in [0.25, 0.3) is 0 Å². The van der Waals surface area contributed by atoms with E-state index in [0.29, 0.717) is 6.54 Å². The van der Waals surface area contributed by atoms with E-state index in [1.54, 1.807) is 19.0 Å². The first-order chi connectivity index (χ1) is 9.66. The molecule has 0 aliphatic carbocycles. The Labute approximate surface area is 121 Å². The van der Waals surface area contributed by atoms with Gasteiger partial charge in [-0.05, 0) is 43.4 Å². The van der Waals surface area contributed by atoms with Gasteiger partial charge >= 0.3 is 6.03 Å². The fraction of sp³-hybridized carbons (Fsp3) is 0.562. The van der Waals surface area contributed by atoms with Crippen LogP contribution in [-0.2, 0) is 6.42 Å². The van der Waals surface area contributed by atoms with Crippen LogP contribution in [0, 0.1) is 0 Å². The van der Waals surface area contributed by atoms with Crippen molar-refractivity contribution in [2.75, 3.05) is 38.6 Å². The molecule has 0 unspecified atom stereocenters. The highest BCUT2D eigenvalue weighted by atomic mass is 16.2. The van der Waals surface area contributed by atoms with Crippen molar-refractivity contribution in [2.24, 2.45) is 0 Å². The van der Waals surface area contributed by atoms with E-state index in [-0.39, 0.29) is 6.03 Å². The van der Waals surface area contributed by atoms with Crippen molar-refractivity contribution in [1.82, 2.24) is 10.2 Å². The minimum absolute atomic E-state index is 0.0325. The molecule has 4 nitrogen and oxygen atoms in total. The maximum atomic E-state index is 11.4. The van der Waals surface area contributed by atoms with E-state index in [4.69, 9.17) is 0 Å². The van der Waals surface area contributed by atoms with E-state index < -0.39 is 0 Å². The average Bonchev–Trinajstić information content (AvgIpc) is 2.48. The summed E-state index contributed by atoms with van der Waals surface area (Å²) in [5.74, 6) is 0. The zero-order valence-corrected chi connectivity index (χ0v) is 12.6. The number of amides is 2. The standard InChI is InChI=1S/C16H25N3O/c1-18(2)16(20)17-11-10-14-6-8-15(9-7-14)19-12-4-3-5-13-19/h6-9H,3-5,10-13H2,1-2H3,(H,17,20). The van der Waals surface area contributed by atoms with Crippen LogP contribution in [0.3, 0.4) is 0 Å². The monoisotopic (exact) mass is 275 g/mol. The molecular formula is C16H25N3O. The number of carbonyl (C=O) groups is 1. The smallest absolute Gasteiger partial charge is 0.316 e. The van der Waals surface area contributed by atoms with E-state index in [2.05, 4.69) is 34.5 Å². The van der Waals surface area contributed by atoms with E-state index in [1.165, 1.54) is 43.6 Å². The minimum Gasteiger partial charge on any atom is -0.372 e. The zero-order valence-electron chi connectivity index (χ0n) is 12.6. The SMILES string of the molecule is CN(C)C(=O)NCCc1ccc(N2CCCCC2)cc1. The van der Waals surface area contributed by atoms with Crippen molar-refractivity contribution in [3.8, 4) is 0 Å². The molecule has 1 aromatic carbocycles. The van der Waals surface area contributed by atoms with Crippen molar-refractivity contribution in [1.29, 1.82) is 0 Å². The number of nitrogens with zero attached hydrogens (tertiary/aromatic N) is 2. The summed E-state index contributed by atoms with van der Waals surface area (Å²) in [7, 11) is 3.51. The van der Waals surface area contributed by atoms with Gasteiger partial charge in [0.25, 0.3) is 0 Å². The lowest BCUT2D eigenvalue weighted by atomic mass is 10.1. The van der Waals surface area contributed by atoms with E-state index >= 15 is 0 Å². The maximum absolute atomic E-state index is 11.4. The molecule has 1 N–H and O–H groups in total. The van der Waals surface area contributed by atoms with Crippen molar-refractivity contribution < 1.29 is 4.79 Å². The summed E-state index contributed by atoms with van der Waals surface area (Å²) < 4.78 is 0. The number of carbonyl (C=O) groups excluding carboxylic acids is 1. The first-order valence-electron chi connectivity index (χ1n) is 7.46. The summed E-state index contributed by atoms with van der Waals surface area (Å²) >= 11 is 0. The van der Waals surface area contributed by atoms with Crippen molar-refractivity contribution in [3.63, 3.8) is 0 Å². The number of anilines is 1. The topological polar surface area (TPSA) is 35.6 Å². The molecule has 20 heavy (non-hydrogen) atoms. The van der Waals surface area contributed by atoms with Crippen LogP contribution in [-0.4, -0.2) is 44.7 Å². The second kappa shape index (κ2) is 7.17. The van der Waals surface area contributed by atoms with Gasteiger partial charge in [0.05, 0.1) is 0 Å². The highest BCUT2D eigenvalue weighted by Crippen LogP contribution is 2.20. The second-order valence-electron chi connectivity index (χ2n) is 5.59. The Morgan fingerprint density at radius 1 is 1.15 bits per heavy atom. The first kappa shape index (κ1) is 14.7.